The van der Waals surface area contributed by atoms with E-state index < -0.39 is 9.84 Å². The monoisotopic (exact) mass is 303 g/mol. The minimum absolute atomic E-state index is 0.236. The fourth-order valence-corrected chi connectivity index (χ4v) is 4.80. The second kappa shape index (κ2) is 5.01. The molecule has 0 bridgehead atoms. The third kappa shape index (κ3) is 2.14. The second-order valence-electron chi connectivity index (χ2n) is 4.42. The summed E-state index contributed by atoms with van der Waals surface area (Å²) < 4.78 is 25.3. The molecule has 3 nitrogen and oxygen atoms in total. The zero-order chi connectivity index (χ0) is 14.2. The van der Waals surface area contributed by atoms with Crippen molar-refractivity contribution in [2.75, 3.05) is 0 Å². The molecule has 0 aliphatic rings. The van der Waals surface area contributed by atoms with Crippen LogP contribution in [0.2, 0.25) is 0 Å². The van der Waals surface area contributed by atoms with Crippen molar-refractivity contribution >= 4 is 31.9 Å². The zero-order valence-electron chi connectivity index (χ0n) is 10.6. The Kier molecular flexibility index (Phi) is 3.33. The van der Waals surface area contributed by atoms with Crippen molar-refractivity contribution in [3.8, 4) is 0 Å². The summed E-state index contributed by atoms with van der Waals surface area (Å²) >= 11 is 1.37. The van der Waals surface area contributed by atoms with Crippen molar-refractivity contribution in [1.29, 1.82) is 0 Å². The van der Waals surface area contributed by atoms with Crippen molar-refractivity contribution < 1.29 is 8.42 Å². The van der Waals surface area contributed by atoms with Gasteiger partial charge in [-0.1, -0.05) is 30.3 Å². The number of hydrogen-bond acceptors (Lipinski definition) is 4. The van der Waals surface area contributed by atoms with Gasteiger partial charge in [0.25, 0.3) is 0 Å². The molecule has 0 spiro atoms. The highest BCUT2D eigenvalue weighted by atomic mass is 32.2. The van der Waals surface area contributed by atoms with Crippen LogP contribution >= 0.6 is 11.3 Å². The van der Waals surface area contributed by atoms with Gasteiger partial charge in [-0.25, -0.2) is 8.42 Å². The molecule has 3 rings (SSSR count). The SMILES string of the molecule is NCc1sccc1S(=O)(=O)c1ccc2ccccc2c1. The van der Waals surface area contributed by atoms with Crippen LogP contribution in [0.25, 0.3) is 10.8 Å². The lowest BCUT2D eigenvalue weighted by Gasteiger charge is -2.06. The molecule has 2 aromatic carbocycles. The Hall–Kier alpha value is -1.69. The fourth-order valence-electron chi connectivity index (χ4n) is 2.18. The van der Waals surface area contributed by atoms with Crippen LogP contribution in [0, 0.1) is 0 Å². The molecule has 20 heavy (non-hydrogen) atoms. The van der Waals surface area contributed by atoms with Gasteiger partial charge in [-0.2, -0.15) is 0 Å². The van der Waals surface area contributed by atoms with Crippen molar-refractivity contribution in [2.24, 2.45) is 5.73 Å². The second-order valence-corrected chi connectivity index (χ2v) is 7.34. The maximum atomic E-state index is 12.7. The van der Waals surface area contributed by atoms with E-state index in [0.717, 1.165) is 10.8 Å². The lowest BCUT2D eigenvalue weighted by atomic mass is 10.1. The Labute approximate surface area is 121 Å². The quantitative estimate of drug-likeness (QED) is 0.808. The van der Waals surface area contributed by atoms with Crippen molar-refractivity contribution in [3.05, 3.63) is 58.8 Å². The average Bonchev–Trinajstić information content (AvgIpc) is 2.96. The van der Waals surface area contributed by atoms with E-state index in [0.29, 0.717) is 14.7 Å². The molecule has 0 saturated heterocycles. The largest absolute Gasteiger partial charge is 0.326 e. The molecule has 1 aromatic heterocycles. The molecule has 5 heteroatoms. The normalized spacial score (nSPS) is 11.8. The summed E-state index contributed by atoms with van der Waals surface area (Å²) in [6.45, 7) is 0.236. The van der Waals surface area contributed by atoms with Crippen LogP contribution in [0.1, 0.15) is 4.88 Å². The molecule has 0 atom stereocenters. The third-order valence-corrected chi connectivity index (χ3v) is 6.12. The summed E-state index contributed by atoms with van der Waals surface area (Å²) in [6, 6.07) is 14.5. The van der Waals surface area contributed by atoms with Gasteiger partial charge < -0.3 is 5.73 Å². The number of fused-ring (bicyclic) bond motifs is 1. The van der Waals surface area contributed by atoms with Gasteiger partial charge in [-0.05, 0) is 34.4 Å². The Morgan fingerprint density at radius 1 is 1.00 bits per heavy atom. The molecule has 102 valence electrons. The van der Waals surface area contributed by atoms with E-state index in [1.54, 1.807) is 23.6 Å². The number of nitrogens with two attached hydrogens (primary N) is 1. The van der Waals surface area contributed by atoms with Gasteiger partial charge in [-0.15, -0.1) is 11.3 Å². The number of sulfone groups is 1. The lowest BCUT2D eigenvalue weighted by molar-refractivity contribution is 0.595. The van der Waals surface area contributed by atoms with Crippen LogP contribution in [-0.2, 0) is 16.4 Å². The van der Waals surface area contributed by atoms with Gasteiger partial charge >= 0.3 is 0 Å². The first-order chi connectivity index (χ1) is 9.63. The van der Waals surface area contributed by atoms with E-state index in [2.05, 4.69) is 0 Å². The van der Waals surface area contributed by atoms with Gasteiger partial charge in [0.15, 0.2) is 0 Å². The van der Waals surface area contributed by atoms with Crippen LogP contribution in [0.3, 0.4) is 0 Å². The first kappa shape index (κ1) is 13.3. The summed E-state index contributed by atoms with van der Waals surface area (Å²) in [7, 11) is -3.50. The molecule has 2 N–H and O–H groups in total. The van der Waals surface area contributed by atoms with E-state index in [9.17, 15) is 8.42 Å². The Balaban J connectivity index is 2.19. The molecule has 0 aliphatic heterocycles. The van der Waals surface area contributed by atoms with E-state index >= 15 is 0 Å². The average molecular weight is 303 g/mol. The maximum absolute atomic E-state index is 12.7. The first-order valence-corrected chi connectivity index (χ1v) is 8.49. The fraction of sp³-hybridized carbons (Fsp3) is 0.0667. The van der Waals surface area contributed by atoms with Crippen LogP contribution in [0.4, 0.5) is 0 Å². The minimum atomic E-state index is -3.50. The Morgan fingerprint density at radius 3 is 2.50 bits per heavy atom. The summed E-state index contributed by atoms with van der Waals surface area (Å²) in [6.07, 6.45) is 0. The number of benzene rings is 2. The molecule has 0 unspecified atom stereocenters. The summed E-state index contributed by atoms with van der Waals surface area (Å²) in [5.74, 6) is 0. The topological polar surface area (TPSA) is 60.2 Å². The van der Waals surface area contributed by atoms with E-state index in [-0.39, 0.29) is 6.54 Å². The van der Waals surface area contributed by atoms with Crippen molar-refractivity contribution in [2.45, 2.75) is 16.3 Å². The maximum Gasteiger partial charge on any atom is 0.207 e. The number of hydrogen-bond donors (Lipinski definition) is 1. The highest BCUT2D eigenvalue weighted by Gasteiger charge is 2.21. The Morgan fingerprint density at radius 2 is 1.75 bits per heavy atom. The molecule has 0 fully saturated rings. The molecule has 1 heterocycles. The van der Waals surface area contributed by atoms with E-state index in [1.165, 1.54) is 11.3 Å². The van der Waals surface area contributed by atoms with Crippen LogP contribution in [-0.4, -0.2) is 8.42 Å². The minimum Gasteiger partial charge on any atom is -0.326 e. The summed E-state index contributed by atoms with van der Waals surface area (Å²) in [4.78, 5) is 1.32. The third-order valence-electron chi connectivity index (χ3n) is 3.21. The van der Waals surface area contributed by atoms with Crippen LogP contribution in [0.5, 0.6) is 0 Å². The zero-order valence-corrected chi connectivity index (χ0v) is 12.2. The predicted octanol–water partition coefficient (Wildman–Crippen LogP) is 3.19. The van der Waals surface area contributed by atoms with Crippen molar-refractivity contribution in [1.82, 2.24) is 0 Å². The van der Waals surface area contributed by atoms with Gasteiger partial charge in [0.05, 0.1) is 9.79 Å². The molecule has 0 amide bonds. The van der Waals surface area contributed by atoms with Crippen LogP contribution in [0.15, 0.2) is 63.7 Å². The summed E-state index contributed by atoms with van der Waals surface area (Å²) in [5.41, 5.74) is 5.61. The Bertz CT molecular complexity index is 866. The number of rotatable bonds is 3. The van der Waals surface area contributed by atoms with Gasteiger partial charge in [0.2, 0.25) is 9.84 Å². The van der Waals surface area contributed by atoms with Crippen LogP contribution < -0.4 is 5.73 Å². The molecule has 0 radical (unpaired) electrons. The van der Waals surface area contributed by atoms with Crippen molar-refractivity contribution in [3.63, 3.8) is 0 Å². The smallest absolute Gasteiger partial charge is 0.207 e. The van der Waals surface area contributed by atoms with Gasteiger partial charge in [-0.3, -0.25) is 0 Å². The summed E-state index contributed by atoms with van der Waals surface area (Å²) in [5, 5.41) is 3.70. The molecule has 0 aliphatic carbocycles. The highest BCUT2D eigenvalue weighted by Crippen LogP contribution is 2.29. The standard InChI is InChI=1S/C15H13NO2S2/c16-10-14-15(7-8-19-14)20(17,18)13-6-5-11-3-1-2-4-12(11)9-13/h1-9H,10,16H2. The van der Waals surface area contributed by atoms with Gasteiger partial charge in [0.1, 0.15) is 0 Å². The molecular formula is C15H13NO2S2. The number of thiophene rings is 1. The molecule has 0 saturated carbocycles. The highest BCUT2D eigenvalue weighted by molar-refractivity contribution is 7.91. The first-order valence-electron chi connectivity index (χ1n) is 6.13. The molecule has 3 aromatic rings. The van der Waals surface area contributed by atoms with E-state index in [4.69, 9.17) is 5.73 Å². The van der Waals surface area contributed by atoms with Gasteiger partial charge in [0, 0.05) is 11.4 Å². The molecular weight excluding hydrogens is 290 g/mol. The lowest BCUT2D eigenvalue weighted by Crippen LogP contribution is -2.05. The predicted molar refractivity (Wildman–Crippen MR) is 81.6 cm³/mol. The van der Waals surface area contributed by atoms with E-state index in [1.807, 2.05) is 30.3 Å².